The summed E-state index contributed by atoms with van der Waals surface area (Å²) < 4.78 is 35.8. The number of rotatable bonds is 5. The number of benzene rings is 2. The third-order valence-corrected chi connectivity index (χ3v) is 5.86. The fourth-order valence-corrected chi connectivity index (χ4v) is 5.06. The molecule has 0 aromatic heterocycles. The molecular weight excluding hydrogens is 558 g/mol. The van der Waals surface area contributed by atoms with Crippen molar-refractivity contribution >= 4 is 67.3 Å². The highest BCUT2D eigenvalue weighted by Gasteiger charge is 2.21. The minimum atomic E-state index is -3.98. The number of hydrogen-bond donors (Lipinski definition) is 0. The predicted octanol–water partition coefficient (Wildman–Crippen LogP) is 4.09. The molecule has 2 aromatic rings. The number of carbonyl (C=O) groups excluding carboxylic acids is 1. The molecule has 0 aliphatic heterocycles. The van der Waals surface area contributed by atoms with Gasteiger partial charge in [-0.15, -0.1) is 0 Å². The second-order valence-electron chi connectivity index (χ2n) is 4.57. The van der Waals surface area contributed by atoms with Gasteiger partial charge >= 0.3 is 16.1 Å². The van der Waals surface area contributed by atoms with Crippen molar-refractivity contribution in [1.29, 1.82) is 0 Å². The zero-order chi connectivity index (χ0) is 17.9. The van der Waals surface area contributed by atoms with Crippen LogP contribution in [0, 0.1) is 7.14 Å². The van der Waals surface area contributed by atoms with Crippen LogP contribution >= 0.6 is 45.2 Å². The molecule has 0 fully saturated rings. The number of halogens is 2. The van der Waals surface area contributed by atoms with Crippen molar-refractivity contribution in [2.75, 3.05) is 7.11 Å². The molecule has 2 rings (SSSR count). The fraction of sp³-hybridized carbons (Fsp3) is 0.0625. The molecule has 0 heterocycles. The maximum Gasteiger partial charge on any atom is 0.339 e. The summed E-state index contributed by atoms with van der Waals surface area (Å²) in [5, 5.41) is 0. The monoisotopic (exact) mass is 570 g/mol. The van der Waals surface area contributed by atoms with Gasteiger partial charge in [-0.05, 0) is 75.0 Å². The molecule has 2 aromatic carbocycles. The Balaban J connectivity index is 2.38. The van der Waals surface area contributed by atoms with E-state index in [-0.39, 0.29) is 10.6 Å². The van der Waals surface area contributed by atoms with Crippen LogP contribution in [-0.2, 0) is 14.9 Å². The van der Waals surface area contributed by atoms with Crippen LogP contribution in [0.3, 0.4) is 0 Å². The topological polar surface area (TPSA) is 69.7 Å². The first-order valence-electron chi connectivity index (χ1n) is 6.53. The Morgan fingerprint density at radius 3 is 2.12 bits per heavy atom. The lowest BCUT2D eigenvalue weighted by Crippen LogP contribution is -2.12. The second kappa shape index (κ2) is 7.83. The average molecular weight is 570 g/mol. The summed E-state index contributed by atoms with van der Waals surface area (Å²) in [6, 6.07) is 9.21. The van der Waals surface area contributed by atoms with Gasteiger partial charge in [0.25, 0.3) is 0 Å². The molecule has 126 valence electrons. The maximum absolute atomic E-state index is 12.4. The summed E-state index contributed by atoms with van der Waals surface area (Å²) in [7, 11) is -2.70. The number of esters is 1. The minimum absolute atomic E-state index is 0.0387. The van der Waals surface area contributed by atoms with E-state index in [1.165, 1.54) is 31.4 Å². The van der Waals surface area contributed by atoms with Crippen molar-refractivity contribution in [2.45, 2.75) is 4.90 Å². The highest BCUT2D eigenvalue weighted by Crippen LogP contribution is 2.31. The molecule has 0 radical (unpaired) electrons. The largest absolute Gasteiger partial charge is 0.465 e. The van der Waals surface area contributed by atoms with Crippen molar-refractivity contribution in [1.82, 2.24) is 0 Å². The Kier molecular flexibility index (Phi) is 6.26. The van der Waals surface area contributed by atoms with E-state index >= 15 is 0 Å². The lowest BCUT2D eigenvalue weighted by atomic mass is 10.2. The minimum Gasteiger partial charge on any atom is -0.465 e. The highest BCUT2D eigenvalue weighted by atomic mass is 127. The van der Waals surface area contributed by atoms with E-state index < -0.39 is 16.1 Å². The third kappa shape index (κ3) is 4.28. The van der Waals surface area contributed by atoms with Crippen molar-refractivity contribution in [3.05, 3.63) is 61.2 Å². The van der Waals surface area contributed by atoms with Crippen molar-refractivity contribution in [3.63, 3.8) is 0 Å². The summed E-state index contributed by atoms with van der Waals surface area (Å²) >= 11 is 3.83. The molecule has 8 heteroatoms. The predicted molar refractivity (Wildman–Crippen MR) is 108 cm³/mol. The van der Waals surface area contributed by atoms with E-state index in [1.54, 1.807) is 18.2 Å². The Bertz CT molecular complexity index is 866. The summed E-state index contributed by atoms with van der Waals surface area (Å²) in [5.41, 5.74) is 1.13. The zero-order valence-corrected chi connectivity index (χ0v) is 17.6. The molecule has 0 atom stereocenters. The first-order valence-corrected chi connectivity index (χ1v) is 10.1. The van der Waals surface area contributed by atoms with E-state index in [9.17, 15) is 13.2 Å². The van der Waals surface area contributed by atoms with Crippen LogP contribution in [0.25, 0.3) is 6.08 Å². The van der Waals surface area contributed by atoms with Crippen LogP contribution in [0.5, 0.6) is 5.75 Å². The Morgan fingerprint density at radius 2 is 1.67 bits per heavy atom. The fourth-order valence-electron chi connectivity index (χ4n) is 1.80. The molecule has 0 saturated carbocycles. The van der Waals surface area contributed by atoms with Crippen LogP contribution in [0.2, 0.25) is 0 Å². The molecule has 0 N–H and O–H groups in total. The molecular formula is C16H12I2O5S. The number of hydrogen-bond acceptors (Lipinski definition) is 5. The Morgan fingerprint density at radius 1 is 1.12 bits per heavy atom. The normalized spacial score (nSPS) is 11.0. The quantitative estimate of drug-likeness (QED) is 0.308. The van der Waals surface area contributed by atoms with Crippen LogP contribution in [0.4, 0.5) is 0 Å². The van der Waals surface area contributed by atoms with Gasteiger partial charge in [-0.2, -0.15) is 8.42 Å². The van der Waals surface area contributed by atoms with E-state index in [4.69, 9.17) is 4.18 Å². The molecule has 0 bridgehead atoms. The van der Waals surface area contributed by atoms with Gasteiger partial charge in [0.15, 0.2) is 5.75 Å². The Labute approximate surface area is 167 Å². The summed E-state index contributed by atoms with van der Waals surface area (Å²) in [6.45, 7) is 3.62. The van der Waals surface area contributed by atoms with Crippen LogP contribution in [0.15, 0.2) is 47.9 Å². The van der Waals surface area contributed by atoms with Gasteiger partial charge < -0.3 is 8.92 Å². The van der Waals surface area contributed by atoms with Gasteiger partial charge in [-0.1, -0.05) is 24.8 Å². The lowest BCUT2D eigenvalue weighted by molar-refractivity contribution is 0.0600. The molecule has 0 aliphatic rings. The molecule has 0 amide bonds. The lowest BCUT2D eigenvalue weighted by Gasteiger charge is -2.12. The van der Waals surface area contributed by atoms with Gasteiger partial charge in [-0.3, -0.25) is 0 Å². The van der Waals surface area contributed by atoms with Gasteiger partial charge in [0.2, 0.25) is 0 Å². The van der Waals surface area contributed by atoms with Crippen molar-refractivity contribution < 1.29 is 22.1 Å². The van der Waals surface area contributed by atoms with Gasteiger partial charge in [0.1, 0.15) is 4.90 Å². The first-order chi connectivity index (χ1) is 11.3. The van der Waals surface area contributed by atoms with Crippen LogP contribution in [0.1, 0.15) is 15.9 Å². The smallest absolute Gasteiger partial charge is 0.339 e. The number of methoxy groups -OCH3 is 1. The summed E-state index contributed by atoms with van der Waals surface area (Å²) in [5.74, 6) is -0.322. The van der Waals surface area contributed by atoms with Crippen molar-refractivity contribution in [3.8, 4) is 5.75 Å². The van der Waals surface area contributed by atoms with E-state index in [1.807, 2.05) is 45.2 Å². The SMILES string of the molecule is C=Cc1ccc(S(=O)(=O)Oc2c(I)cc(C(=O)OC)cc2I)cc1. The number of carbonyl (C=O) groups is 1. The second-order valence-corrected chi connectivity index (χ2v) is 8.44. The highest BCUT2D eigenvalue weighted by molar-refractivity contribution is 14.1. The summed E-state index contributed by atoms with van der Waals surface area (Å²) in [4.78, 5) is 11.6. The van der Waals surface area contributed by atoms with E-state index in [0.29, 0.717) is 12.7 Å². The van der Waals surface area contributed by atoms with E-state index in [0.717, 1.165) is 5.56 Å². The van der Waals surface area contributed by atoms with Gasteiger partial charge in [0.05, 0.1) is 19.8 Å². The zero-order valence-electron chi connectivity index (χ0n) is 12.5. The standard InChI is InChI=1S/C16H12I2O5S/c1-3-10-4-6-12(7-5-10)24(20,21)23-15-13(17)8-11(9-14(15)18)16(19)22-2/h3-9H,1H2,2H3. The molecule has 0 spiro atoms. The first kappa shape index (κ1) is 19.2. The molecule has 0 unspecified atom stereocenters. The molecule has 5 nitrogen and oxygen atoms in total. The molecule has 0 saturated heterocycles. The van der Waals surface area contributed by atoms with Crippen molar-refractivity contribution in [2.24, 2.45) is 0 Å². The van der Waals surface area contributed by atoms with E-state index in [2.05, 4.69) is 11.3 Å². The average Bonchev–Trinajstić information content (AvgIpc) is 2.57. The summed E-state index contributed by atoms with van der Waals surface area (Å²) in [6.07, 6.45) is 1.62. The van der Waals surface area contributed by atoms with Crippen LogP contribution < -0.4 is 4.18 Å². The maximum atomic E-state index is 12.4. The van der Waals surface area contributed by atoms with Gasteiger partial charge in [-0.25, -0.2) is 4.79 Å². The van der Waals surface area contributed by atoms with Crippen LogP contribution in [-0.4, -0.2) is 21.5 Å². The Hall–Kier alpha value is -1.14. The molecule has 24 heavy (non-hydrogen) atoms. The van der Waals surface area contributed by atoms with Gasteiger partial charge in [0, 0.05) is 0 Å². The molecule has 0 aliphatic carbocycles. The number of ether oxygens (including phenoxy) is 1. The third-order valence-electron chi connectivity index (χ3n) is 3.02.